The molecule has 1 amide bonds. The summed E-state index contributed by atoms with van der Waals surface area (Å²) in [4.78, 5) is 13.5. The number of benzene rings is 1. The van der Waals surface area contributed by atoms with E-state index >= 15 is 0 Å². The summed E-state index contributed by atoms with van der Waals surface area (Å²) < 4.78 is 5.45. The third kappa shape index (κ3) is 4.44. The monoisotopic (exact) mass is 291 g/mol. The lowest BCUT2D eigenvalue weighted by Gasteiger charge is -2.18. The van der Waals surface area contributed by atoms with E-state index in [1.165, 1.54) is 18.4 Å². The first-order valence-corrected chi connectivity index (χ1v) is 7.51. The number of nitrogens with one attached hydrogen (secondary N) is 1. The van der Waals surface area contributed by atoms with Crippen molar-refractivity contribution in [2.24, 2.45) is 5.73 Å². The first-order valence-electron chi connectivity index (χ1n) is 7.51. The number of hydrogen-bond donors (Lipinski definition) is 2. The normalized spacial score (nSPS) is 16.9. The number of methoxy groups -OCH3 is 1. The van der Waals surface area contributed by atoms with Crippen LogP contribution in [-0.4, -0.2) is 37.0 Å². The van der Waals surface area contributed by atoms with Gasteiger partial charge in [0.15, 0.2) is 0 Å². The molecule has 0 saturated carbocycles. The maximum atomic E-state index is 11.1. The first kappa shape index (κ1) is 15.8. The first-order chi connectivity index (χ1) is 10.1. The van der Waals surface area contributed by atoms with E-state index in [0.29, 0.717) is 6.54 Å². The maximum absolute atomic E-state index is 11.1. The molecule has 0 radical (unpaired) electrons. The number of rotatable bonds is 7. The van der Waals surface area contributed by atoms with Crippen LogP contribution in [-0.2, 0) is 17.9 Å². The van der Waals surface area contributed by atoms with Crippen molar-refractivity contribution in [3.63, 3.8) is 0 Å². The van der Waals surface area contributed by atoms with Crippen LogP contribution in [0.15, 0.2) is 18.2 Å². The topological polar surface area (TPSA) is 67.6 Å². The third-order valence-electron chi connectivity index (χ3n) is 3.98. The van der Waals surface area contributed by atoms with Crippen molar-refractivity contribution in [1.29, 1.82) is 0 Å². The van der Waals surface area contributed by atoms with Gasteiger partial charge in [-0.3, -0.25) is 9.69 Å². The minimum absolute atomic E-state index is 0.325. The standard InChI is InChI=1S/C16H25N3O2/c1-12(16(17)20)18-10-13-5-6-15(21-2)14(9-13)11-19-7-3-4-8-19/h5-6,9,12,18H,3-4,7-8,10-11H2,1-2H3,(H2,17,20). The number of carbonyl (C=O) groups excluding carboxylic acids is 1. The van der Waals surface area contributed by atoms with E-state index in [0.717, 1.165) is 30.9 Å². The molecular formula is C16H25N3O2. The van der Waals surface area contributed by atoms with E-state index in [4.69, 9.17) is 10.5 Å². The van der Waals surface area contributed by atoms with Crippen LogP contribution < -0.4 is 15.8 Å². The molecule has 0 aromatic heterocycles. The molecule has 1 aromatic rings. The summed E-state index contributed by atoms with van der Waals surface area (Å²) in [6.07, 6.45) is 2.55. The molecular weight excluding hydrogens is 266 g/mol. The number of nitrogens with two attached hydrogens (primary N) is 1. The average molecular weight is 291 g/mol. The zero-order valence-electron chi connectivity index (χ0n) is 12.9. The van der Waals surface area contributed by atoms with E-state index < -0.39 is 0 Å². The van der Waals surface area contributed by atoms with Crippen LogP contribution in [0.3, 0.4) is 0 Å². The second kappa shape index (κ2) is 7.43. The molecule has 1 heterocycles. The number of primary amides is 1. The van der Waals surface area contributed by atoms with Gasteiger partial charge in [-0.15, -0.1) is 0 Å². The van der Waals surface area contributed by atoms with Gasteiger partial charge in [-0.2, -0.15) is 0 Å². The Morgan fingerprint density at radius 1 is 1.43 bits per heavy atom. The van der Waals surface area contributed by atoms with Crippen LogP contribution in [0.1, 0.15) is 30.9 Å². The fourth-order valence-electron chi connectivity index (χ4n) is 2.62. The zero-order valence-corrected chi connectivity index (χ0v) is 12.9. The molecule has 1 saturated heterocycles. The summed E-state index contributed by atoms with van der Waals surface area (Å²) in [5, 5.41) is 3.13. The molecule has 21 heavy (non-hydrogen) atoms. The van der Waals surface area contributed by atoms with Gasteiger partial charge >= 0.3 is 0 Å². The second-order valence-electron chi connectivity index (χ2n) is 5.63. The van der Waals surface area contributed by atoms with Gasteiger partial charge in [-0.05, 0) is 50.6 Å². The highest BCUT2D eigenvalue weighted by molar-refractivity contribution is 5.79. The van der Waals surface area contributed by atoms with Crippen LogP contribution in [0.2, 0.25) is 0 Å². The fraction of sp³-hybridized carbons (Fsp3) is 0.562. The van der Waals surface area contributed by atoms with Crippen LogP contribution in [0, 0.1) is 0 Å². The van der Waals surface area contributed by atoms with E-state index in [9.17, 15) is 4.79 Å². The summed E-state index contributed by atoms with van der Waals surface area (Å²) in [7, 11) is 1.70. The van der Waals surface area contributed by atoms with Gasteiger partial charge in [0, 0.05) is 18.7 Å². The number of nitrogens with zero attached hydrogens (tertiary/aromatic N) is 1. The van der Waals surface area contributed by atoms with Gasteiger partial charge in [0.25, 0.3) is 0 Å². The Hall–Kier alpha value is -1.59. The molecule has 5 nitrogen and oxygen atoms in total. The number of ether oxygens (including phenoxy) is 1. The lowest BCUT2D eigenvalue weighted by molar-refractivity contribution is -0.119. The fourth-order valence-corrected chi connectivity index (χ4v) is 2.62. The smallest absolute Gasteiger partial charge is 0.234 e. The van der Waals surface area contributed by atoms with Crippen LogP contribution >= 0.6 is 0 Å². The molecule has 1 unspecified atom stereocenters. The van der Waals surface area contributed by atoms with Crippen molar-refractivity contribution in [2.45, 2.75) is 38.9 Å². The molecule has 1 aliphatic heterocycles. The quantitative estimate of drug-likeness (QED) is 0.793. The predicted octanol–water partition coefficient (Wildman–Crippen LogP) is 1.25. The van der Waals surface area contributed by atoms with Gasteiger partial charge in [0.1, 0.15) is 5.75 Å². The van der Waals surface area contributed by atoms with Crippen molar-refractivity contribution in [2.75, 3.05) is 20.2 Å². The Balaban J connectivity index is 2.03. The number of amides is 1. The molecule has 2 rings (SSSR count). The molecule has 0 aliphatic carbocycles. The Labute approximate surface area is 126 Å². The number of likely N-dealkylation sites (tertiary alicyclic amines) is 1. The zero-order chi connectivity index (χ0) is 15.2. The molecule has 1 atom stereocenters. The molecule has 5 heteroatoms. The van der Waals surface area contributed by atoms with Crippen molar-refractivity contribution in [3.8, 4) is 5.75 Å². The van der Waals surface area contributed by atoms with Crippen molar-refractivity contribution in [1.82, 2.24) is 10.2 Å². The summed E-state index contributed by atoms with van der Waals surface area (Å²) in [5.41, 5.74) is 7.59. The highest BCUT2D eigenvalue weighted by Crippen LogP contribution is 2.23. The van der Waals surface area contributed by atoms with Crippen molar-refractivity contribution < 1.29 is 9.53 Å². The van der Waals surface area contributed by atoms with Gasteiger partial charge in [-0.1, -0.05) is 6.07 Å². The SMILES string of the molecule is COc1ccc(CNC(C)C(N)=O)cc1CN1CCCC1. The Morgan fingerprint density at radius 3 is 2.76 bits per heavy atom. The molecule has 0 bridgehead atoms. The lowest BCUT2D eigenvalue weighted by atomic mass is 10.1. The molecule has 1 aromatic carbocycles. The number of carbonyl (C=O) groups is 1. The minimum Gasteiger partial charge on any atom is -0.496 e. The summed E-state index contributed by atoms with van der Waals surface area (Å²) in [6.45, 7) is 5.63. The van der Waals surface area contributed by atoms with Gasteiger partial charge < -0.3 is 15.8 Å². The molecule has 1 fully saturated rings. The summed E-state index contributed by atoms with van der Waals surface area (Å²) >= 11 is 0. The van der Waals surface area contributed by atoms with Gasteiger partial charge in [-0.25, -0.2) is 0 Å². The van der Waals surface area contributed by atoms with Crippen LogP contribution in [0.5, 0.6) is 5.75 Å². The molecule has 1 aliphatic rings. The van der Waals surface area contributed by atoms with Crippen LogP contribution in [0.4, 0.5) is 0 Å². The van der Waals surface area contributed by atoms with Gasteiger partial charge in [0.2, 0.25) is 5.91 Å². The highest BCUT2D eigenvalue weighted by Gasteiger charge is 2.15. The lowest BCUT2D eigenvalue weighted by Crippen LogP contribution is -2.38. The van der Waals surface area contributed by atoms with E-state index in [2.05, 4.69) is 16.3 Å². The van der Waals surface area contributed by atoms with E-state index in [1.54, 1.807) is 14.0 Å². The van der Waals surface area contributed by atoms with E-state index in [1.807, 2.05) is 12.1 Å². The second-order valence-corrected chi connectivity index (χ2v) is 5.63. The molecule has 3 N–H and O–H groups in total. The average Bonchev–Trinajstić information content (AvgIpc) is 2.97. The Kier molecular flexibility index (Phi) is 5.59. The number of hydrogen-bond acceptors (Lipinski definition) is 4. The Bertz CT molecular complexity index is 484. The minimum atomic E-state index is -0.333. The largest absolute Gasteiger partial charge is 0.496 e. The van der Waals surface area contributed by atoms with E-state index in [-0.39, 0.29) is 11.9 Å². The third-order valence-corrected chi connectivity index (χ3v) is 3.98. The molecule has 0 spiro atoms. The van der Waals surface area contributed by atoms with Gasteiger partial charge in [0.05, 0.1) is 13.2 Å². The van der Waals surface area contributed by atoms with Crippen molar-refractivity contribution in [3.05, 3.63) is 29.3 Å². The predicted molar refractivity (Wildman–Crippen MR) is 83.0 cm³/mol. The van der Waals surface area contributed by atoms with Crippen LogP contribution in [0.25, 0.3) is 0 Å². The Morgan fingerprint density at radius 2 is 2.14 bits per heavy atom. The molecule has 116 valence electrons. The maximum Gasteiger partial charge on any atom is 0.234 e. The van der Waals surface area contributed by atoms with Crippen molar-refractivity contribution >= 4 is 5.91 Å². The highest BCUT2D eigenvalue weighted by atomic mass is 16.5. The summed E-state index contributed by atoms with van der Waals surface area (Å²) in [5.74, 6) is 0.592. The summed E-state index contributed by atoms with van der Waals surface area (Å²) in [6, 6.07) is 5.84.